The lowest BCUT2D eigenvalue weighted by Gasteiger charge is -2.19. The molecule has 0 aliphatic rings. The molecule has 0 aromatic heterocycles. The molecule has 1 atom stereocenters. The van der Waals surface area contributed by atoms with E-state index in [0.29, 0.717) is 17.1 Å². The van der Waals surface area contributed by atoms with Gasteiger partial charge in [-0.05, 0) is 29.4 Å². The van der Waals surface area contributed by atoms with Gasteiger partial charge in [-0.15, -0.1) is 0 Å². The maximum absolute atomic E-state index is 12.8. The Kier molecular flexibility index (Phi) is 6.28. The van der Waals surface area contributed by atoms with Crippen molar-refractivity contribution in [2.45, 2.75) is 38.3 Å². The van der Waals surface area contributed by atoms with Gasteiger partial charge in [0, 0.05) is 5.39 Å². The number of alkyl halides is 5. The van der Waals surface area contributed by atoms with Crippen molar-refractivity contribution in [2.75, 3.05) is 13.2 Å². The quantitative estimate of drug-likeness (QED) is 0.464. The summed E-state index contributed by atoms with van der Waals surface area (Å²) in [6.45, 7) is 1.27. The maximum atomic E-state index is 12.8. The molecule has 148 valence electrons. The minimum Gasteiger partial charge on any atom is -0.481 e. The van der Waals surface area contributed by atoms with Crippen molar-refractivity contribution >= 4 is 16.7 Å². The highest BCUT2D eigenvalue weighted by Crippen LogP contribution is 2.35. The molecule has 2 aromatic rings. The molecule has 27 heavy (non-hydrogen) atoms. The number of halogens is 5. The molecule has 0 saturated heterocycles. The third-order valence-corrected chi connectivity index (χ3v) is 4.23. The van der Waals surface area contributed by atoms with Gasteiger partial charge in [-0.3, -0.25) is 0 Å². The van der Waals surface area contributed by atoms with Gasteiger partial charge in [-0.2, -0.15) is 22.0 Å². The number of hydrogen-bond donors (Lipinski definition) is 0. The van der Waals surface area contributed by atoms with Crippen molar-refractivity contribution in [3.8, 4) is 5.75 Å². The Bertz CT molecular complexity index is 802. The molecule has 0 spiro atoms. The van der Waals surface area contributed by atoms with Gasteiger partial charge >= 0.3 is 18.1 Å². The molecule has 0 N–H and O–H groups in total. The van der Waals surface area contributed by atoms with Crippen LogP contribution in [-0.2, 0) is 9.53 Å². The number of fused-ring (bicyclic) bond motifs is 1. The first kappa shape index (κ1) is 20.9. The number of ether oxygens (including phenoxy) is 2. The molecule has 0 aliphatic carbocycles. The highest BCUT2D eigenvalue weighted by molar-refractivity contribution is 5.91. The second kappa shape index (κ2) is 8.10. The van der Waals surface area contributed by atoms with E-state index in [0.717, 1.165) is 17.4 Å². The fraction of sp³-hybridized carbons (Fsp3) is 0.421. The van der Waals surface area contributed by atoms with Gasteiger partial charge in [-0.25, -0.2) is 4.79 Å². The zero-order valence-corrected chi connectivity index (χ0v) is 14.8. The highest BCUT2D eigenvalue weighted by Gasteiger charge is 2.58. The maximum Gasteiger partial charge on any atom is 0.456 e. The van der Waals surface area contributed by atoms with Crippen LogP contribution >= 0.6 is 0 Å². The van der Waals surface area contributed by atoms with Crippen LogP contribution in [0.1, 0.15) is 31.7 Å². The summed E-state index contributed by atoms with van der Waals surface area (Å²) in [5, 5.41) is 1.63. The van der Waals surface area contributed by atoms with Gasteiger partial charge < -0.3 is 9.47 Å². The number of carbonyl (C=O) groups excluding carboxylic acids is 1. The van der Waals surface area contributed by atoms with Gasteiger partial charge in [0.2, 0.25) is 0 Å². The van der Waals surface area contributed by atoms with E-state index < -0.39 is 31.3 Å². The van der Waals surface area contributed by atoms with Crippen LogP contribution in [0.25, 0.3) is 10.8 Å². The van der Waals surface area contributed by atoms with E-state index in [1.807, 2.05) is 18.2 Å². The summed E-state index contributed by atoms with van der Waals surface area (Å²) in [5.74, 6) is -5.81. The zero-order valence-electron chi connectivity index (χ0n) is 14.8. The molecule has 0 bridgehead atoms. The first-order valence-corrected chi connectivity index (χ1v) is 8.31. The van der Waals surface area contributed by atoms with Crippen LogP contribution in [0, 0.1) is 0 Å². The van der Waals surface area contributed by atoms with Crippen LogP contribution in [0.15, 0.2) is 36.4 Å². The summed E-state index contributed by atoms with van der Waals surface area (Å²) in [6.07, 6.45) is -4.86. The molecule has 2 aromatic carbocycles. The topological polar surface area (TPSA) is 35.5 Å². The van der Waals surface area contributed by atoms with Gasteiger partial charge in [0.15, 0.2) is 13.2 Å². The fourth-order valence-electron chi connectivity index (χ4n) is 2.51. The minimum atomic E-state index is -5.78. The van der Waals surface area contributed by atoms with E-state index in [-0.39, 0.29) is 0 Å². The number of rotatable bonds is 7. The van der Waals surface area contributed by atoms with E-state index in [4.69, 9.17) is 4.74 Å². The lowest BCUT2D eigenvalue weighted by atomic mass is 9.93. The van der Waals surface area contributed by atoms with Crippen molar-refractivity contribution in [3.63, 3.8) is 0 Å². The van der Waals surface area contributed by atoms with Crippen molar-refractivity contribution in [3.05, 3.63) is 42.0 Å². The predicted octanol–water partition coefficient (Wildman–Crippen LogP) is 5.47. The molecule has 0 fully saturated rings. The SMILES string of the molecule is CCC(C)c1cccc2c(OCC(=O)OCC(F)(F)C(F)(F)F)cccc12. The van der Waals surface area contributed by atoms with Crippen LogP contribution < -0.4 is 4.74 Å². The molecular formula is C19H19F5O3. The summed E-state index contributed by atoms with van der Waals surface area (Å²) < 4.78 is 71.1. The van der Waals surface area contributed by atoms with Crippen molar-refractivity contribution in [2.24, 2.45) is 0 Å². The number of esters is 1. The molecule has 2 rings (SSSR count). The average Bonchev–Trinajstić information content (AvgIpc) is 2.62. The van der Waals surface area contributed by atoms with Crippen LogP contribution in [0.3, 0.4) is 0 Å². The van der Waals surface area contributed by atoms with E-state index in [1.165, 1.54) is 0 Å². The Labute approximate surface area is 153 Å². The molecule has 0 aliphatic heterocycles. The van der Waals surface area contributed by atoms with Crippen molar-refractivity contribution in [1.82, 2.24) is 0 Å². The Balaban J connectivity index is 2.08. The predicted molar refractivity (Wildman–Crippen MR) is 90.1 cm³/mol. The molecular weight excluding hydrogens is 371 g/mol. The Morgan fingerprint density at radius 3 is 2.30 bits per heavy atom. The normalized spacial score (nSPS) is 13.4. The summed E-state index contributed by atoms with van der Waals surface area (Å²) in [7, 11) is 0. The van der Waals surface area contributed by atoms with Gasteiger partial charge in [-0.1, -0.05) is 44.2 Å². The van der Waals surface area contributed by atoms with Crippen LogP contribution in [0.2, 0.25) is 0 Å². The number of benzene rings is 2. The van der Waals surface area contributed by atoms with E-state index >= 15 is 0 Å². The first-order chi connectivity index (χ1) is 12.6. The molecule has 0 heterocycles. The number of carbonyl (C=O) groups is 1. The third-order valence-electron chi connectivity index (χ3n) is 4.23. The molecule has 3 nitrogen and oxygen atoms in total. The fourth-order valence-corrected chi connectivity index (χ4v) is 2.51. The lowest BCUT2D eigenvalue weighted by molar-refractivity contribution is -0.294. The Morgan fingerprint density at radius 1 is 1.04 bits per heavy atom. The summed E-state index contributed by atoms with van der Waals surface area (Å²) in [6, 6.07) is 10.8. The summed E-state index contributed by atoms with van der Waals surface area (Å²) in [4.78, 5) is 11.5. The third kappa shape index (κ3) is 4.87. The van der Waals surface area contributed by atoms with Gasteiger partial charge in [0.1, 0.15) is 5.75 Å². The van der Waals surface area contributed by atoms with Gasteiger partial charge in [0.25, 0.3) is 0 Å². The highest BCUT2D eigenvalue weighted by atomic mass is 19.4. The van der Waals surface area contributed by atoms with Gasteiger partial charge in [0.05, 0.1) is 0 Å². The van der Waals surface area contributed by atoms with Crippen molar-refractivity contribution < 1.29 is 36.2 Å². The monoisotopic (exact) mass is 390 g/mol. The zero-order chi connectivity index (χ0) is 20.2. The first-order valence-electron chi connectivity index (χ1n) is 8.31. The van der Waals surface area contributed by atoms with Crippen LogP contribution in [0.5, 0.6) is 5.75 Å². The molecule has 8 heteroatoms. The van der Waals surface area contributed by atoms with E-state index in [1.54, 1.807) is 18.2 Å². The molecule has 0 radical (unpaired) electrons. The standard InChI is InChI=1S/C19H19F5O3/c1-3-12(2)13-6-4-8-15-14(13)7-5-9-16(15)26-10-17(25)27-11-18(20,21)19(22,23)24/h4-9,12H,3,10-11H2,1-2H3. The second-order valence-electron chi connectivity index (χ2n) is 6.16. The summed E-state index contributed by atoms with van der Waals surface area (Å²) in [5.41, 5.74) is 1.09. The smallest absolute Gasteiger partial charge is 0.456 e. The van der Waals surface area contributed by atoms with E-state index in [2.05, 4.69) is 18.6 Å². The lowest BCUT2D eigenvalue weighted by Crippen LogP contribution is -2.41. The minimum absolute atomic E-state index is 0.290. The Morgan fingerprint density at radius 2 is 1.67 bits per heavy atom. The molecule has 0 amide bonds. The largest absolute Gasteiger partial charge is 0.481 e. The number of hydrogen-bond acceptors (Lipinski definition) is 3. The van der Waals surface area contributed by atoms with Crippen molar-refractivity contribution in [1.29, 1.82) is 0 Å². The molecule has 1 unspecified atom stereocenters. The molecule has 0 saturated carbocycles. The van der Waals surface area contributed by atoms with E-state index in [9.17, 15) is 26.7 Å². The Hall–Kier alpha value is -2.38. The average molecular weight is 390 g/mol. The summed E-state index contributed by atoms with van der Waals surface area (Å²) >= 11 is 0. The van der Waals surface area contributed by atoms with Crippen LogP contribution in [-0.4, -0.2) is 31.3 Å². The van der Waals surface area contributed by atoms with Crippen LogP contribution in [0.4, 0.5) is 22.0 Å². The second-order valence-corrected chi connectivity index (χ2v) is 6.16.